The molecule has 2 aliphatic heterocycles. The van der Waals surface area contributed by atoms with E-state index in [0.717, 1.165) is 45.2 Å². The van der Waals surface area contributed by atoms with E-state index in [1.54, 1.807) is 0 Å². The summed E-state index contributed by atoms with van der Waals surface area (Å²) in [4.78, 5) is 3.98. The molecule has 6 heteroatoms. The molecule has 0 aromatic carbocycles. The van der Waals surface area contributed by atoms with Gasteiger partial charge in [0, 0.05) is 30.1 Å². The van der Waals surface area contributed by atoms with E-state index >= 15 is 0 Å². The number of fused-ring (bicyclic) bond motifs is 3. The van der Waals surface area contributed by atoms with Crippen molar-refractivity contribution in [3.63, 3.8) is 0 Å². The minimum atomic E-state index is -3.11. The van der Waals surface area contributed by atoms with Gasteiger partial charge in [0.15, 0.2) is 0 Å². The average Bonchev–Trinajstić information content (AvgIpc) is 2.93. The van der Waals surface area contributed by atoms with E-state index in [4.69, 9.17) is 0 Å². The molecule has 3 heterocycles. The first-order valence-electron chi connectivity index (χ1n) is 7.89. The fourth-order valence-electron chi connectivity index (χ4n) is 3.42. The molecule has 118 valence electrons. The fourth-order valence-corrected chi connectivity index (χ4v) is 6.03. The molecule has 1 saturated heterocycles. The van der Waals surface area contributed by atoms with E-state index in [9.17, 15) is 8.42 Å². The van der Waals surface area contributed by atoms with Gasteiger partial charge in [-0.05, 0) is 42.7 Å². The summed E-state index contributed by atoms with van der Waals surface area (Å²) < 4.78 is 27.1. The van der Waals surface area contributed by atoms with E-state index in [1.165, 1.54) is 10.4 Å². The minimum absolute atomic E-state index is 0.0983. The Kier molecular flexibility index (Phi) is 4.69. The van der Waals surface area contributed by atoms with Gasteiger partial charge in [0.05, 0.1) is 5.75 Å². The van der Waals surface area contributed by atoms with Crippen LogP contribution < -0.4 is 4.72 Å². The molecule has 0 saturated carbocycles. The number of thiophene rings is 1. The molecule has 1 N–H and O–H groups in total. The van der Waals surface area contributed by atoms with Crippen molar-refractivity contribution in [2.45, 2.75) is 51.1 Å². The number of unbranched alkanes of at least 4 members (excludes halogenated alkanes) is 1. The van der Waals surface area contributed by atoms with Crippen LogP contribution in [-0.2, 0) is 16.4 Å². The third-order valence-electron chi connectivity index (χ3n) is 4.58. The van der Waals surface area contributed by atoms with Crippen LogP contribution in [0.4, 0.5) is 0 Å². The number of piperidine rings is 1. The lowest BCUT2D eigenvalue weighted by Gasteiger charge is -2.42. The molecular formula is C15H24N2O2S2. The SMILES string of the molecule is CCCCS(=O)(=O)NC1CCN2CCc3ccsc3C2C1. The normalized spacial score (nSPS) is 26.3. The zero-order valence-electron chi connectivity index (χ0n) is 12.5. The molecule has 2 atom stereocenters. The summed E-state index contributed by atoms with van der Waals surface area (Å²) in [7, 11) is -3.11. The van der Waals surface area contributed by atoms with Crippen molar-refractivity contribution in [3.05, 3.63) is 21.9 Å². The Bertz CT molecular complexity index is 582. The molecule has 21 heavy (non-hydrogen) atoms. The van der Waals surface area contributed by atoms with Crippen LogP contribution in [0.2, 0.25) is 0 Å². The van der Waals surface area contributed by atoms with Gasteiger partial charge >= 0.3 is 0 Å². The molecule has 1 aromatic heterocycles. The van der Waals surface area contributed by atoms with Crippen LogP contribution in [0.5, 0.6) is 0 Å². The third-order valence-corrected chi connectivity index (χ3v) is 7.16. The first-order chi connectivity index (χ1) is 10.1. The predicted molar refractivity (Wildman–Crippen MR) is 87.2 cm³/mol. The van der Waals surface area contributed by atoms with Crippen LogP contribution in [0.15, 0.2) is 11.4 Å². The highest BCUT2D eigenvalue weighted by Crippen LogP contribution is 2.39. The van der Waals surface area contributed by atoms with Gasteiger partial charge in [0.25, 0.3) is 0 Å². The highest BCUT2D eigenvalue weighted by atomic mass is 32.2. The Labute approximate surface area is 131 Å². The highest BCUT2D eigenvalue weighted by Gasteiger charge is 2.35. The van der Waals surface area contributed by atoms with Crippen molar-refractivity contribution in [1.29, 1.82) is 0 Å². The maximum Gasteiger partial charge on any atom is 0.211 e. The van der Waals surface area contributed by atoms with Crippen LogP contribution in [-0.4, -0.2) is 38.2 Å². The smallest absolute Gasteiger partial charge is 0.211 e. The summed E-state index contributed by atoms with van der Waals surface area (Å²) in [5, 5.41) is 2.17. The molecular weight excluding hydrogens is 304 g/mol. The summed E-state index contributed by atoms with van der Waals surface area (Å²) >= 11 is 1.83. The Morgan fingerprint density at radius 1 is 1.43 bits per heavy atom. The van der Waals surface area contributed by atoms with Crippen LogP contribution in [0.25, 0.3) is 0 Å². The Balaban J connectivity index is 1.67. The number of nitrogens with one attached hydrogen (secondary N) is 1. The van der Waals surface area contributed by atoms with Crippen molar-refractivity contribution in [2.24, 2.45) is 0 Å². The third kappa shape index (κ3) is 3.50. The van der Waals surface area contributed by atoms with Gasteiger partial charge in [-0.2, -0.15) is 0 Å². The van der Waals surface area contributed by atoms with Crippen molar-refractivity contribution in [1.82, 2.24) is 9.62 Å². The van der Waals surface area contributed by atoms with Gasteiger partial charge in [-0.15, -0.1) is 11.3 Å². The van der Waals surface area contributed by atoms with E-state index in [-0.39, 0.29) is 11.8 Å². The number of rotatable bonds is 5. The van der Waals surface area contributed by atoms with Crippen molar-refractivity contribution >= 4 is 21.4 Å². The highest BCUT2D eigenvalue weighted by molar-refractivity contribution is 7.89. The van der Waals surface area contributed by atoms with Crippen LogP contribution in [0.1, 0.15) is 49.1 Å². The summed E-state index contributed by atoms with van der Waals surface area (Å²) in [5.74, 6) is 0.263. The number of nitrogens with zero attached hydrogens (tertiary/aromatic N) is 1. The second-order valence-electron chi connectivity index (χ2n) is 6.12. The molecule has 1 aromatic rings. The average molecular weight is 329 g/mol. The largest absolute Gasteiger partial charge is 0.295 e. The lowest BCUT2D eigenvalue weighted by molar-refractivity contribution is 0.125. The standard InChI is InChI=1S/C15H24N2O2S2/c1-2-3-10-21(18,19)16-13-5-8-17-7-4-12-6-9-20-15(12)14(17)11-13/h6,9,13-14,16H,2-5,7-8,10-11H2,1H3. The van der Waals surface area contributed by atoms with Gasteiger partial charge in [0.1, 0.15) is 0 Å². The predicted octanol–water partition coefficient (Wildman–Crippen LogP) is 2.53. The van der Waals surface area contributed by atoms with Crippen LogP contribution >= 0.6 is 11.3 Å². The molecule has 0 aliphatic carbocycles. The number of sulfonamides is 1. The van der Waals surface area contributed by atoms with Gasteiger partial charge < -0.3 is 0 Å². The maximum atomic E-state index is 12.1. The molecule has 0 amide bonds. The molecule has 0 spiro atoms. The Morgan fingerprint density at radius 2 is 2.29 bits per heavy atom. The summed E-state index contributed by atoms with van der Waals surface area (Å²) in [6, 6.07) is 2.74. The quantitative estimate of drug-likeness (QED) is 0.903. The zero-order chi connectivity index (χ0) is 14.9. The first-order valence-corrected chi connectivity index (χ1v) is 10.4. The Hall–Kier alpha value is -0.430. The van der Waals surface area contributed by atoms with Crippen molar-refractivity contribution in [2.75, 3.05) is 18.8 Å². The Morgan fingerprint density at radius 3 is 3.10 bits per heavy atom. The van der Waals surface area contributed by atoms with Crippen LogP contribution in [0, 0.1) is 0 Å². The molecule has 0 radical (unpaired) electrons. The van der Waals surface area contributed by atoms with E-state index in [2.05, 4.69) is 21.1 Å². The monoisotopic (exact) mass is 328 g/mol. The fraction of sp³-hybridized carbons (Fsp3) is 0.733. The summed E-state index contributed by atoms with van der Waals surface area (Å²) in [6.07, 6.45) is 4.65. The molecule has 0 bridgehead atoms. The van der Waals surface area contributed by atoms with Crippen molar-refractivity contribution in [3.8, 4) is 0 Å². The lowest BCUT2D eigenvalue weighted by atomic mass is 9.91. The summed E-state index contributed by atoms with van der Waals surface area (Å²) in [5.41, 5.74) is 1.47. The van der Waals surface area contributed by atoms with Gasteiger partial charge in [-0.1, -0.05) is 13.3 Å². The second-order valence-corrected chi connectivity index (χ2v) is 8.94. The maximum absolute atomic E-state index is 12.1. The molecule has 2 unspecified atom stereocenters. The first kappa shape index (κ1) is 15.5. The topological polar surface area (TPSA) is 49.4 Å². The molecule has 3 rings (SSSR count). The number of hydrogen-bond acceptors (Lipinski definition) is 4. The zero-order valence-corrected chi connectivity index (χ0v) is 14.2. The minimum Gasteiger partial charge on any atom is -0.295 e. The van der Waals surface area contributed by atoms with Gasteiger partial charge in [-0.3, -0.25) is 4.90 Å². The van der Waals surface area contributed by atoms with Crippen molar-refractivity contribution < 1.29 is 8.42 Å². The van der Waals surface area contributed by atoms with E-state index in [0.29, 0.717) is 6.04 Å². The molecule has 1 fully saturated rings. The molecule has 2 aliphatic rings. The van der Waals surface area contributed by atoms with Crippen LogP contribution in [0.3, 0.4) is 0 Å². The second kappa shape index (κ2) is 6.36. The summed E-state index contributed by atoms with van der Waals surface area (Å²) in [6.45, 7) is 4.14. The molecule has 4 nitrogen and oxygen atoms in total. The van der Waals surface area contributed by atoms with E-state index < -0.39 is 10.0 Å². The van der Waals surface area contributed by atoms with Gasteiger partial charge in [0.2, 0.25) is 10.0 Å². The van der Waals surface area contributed by atoms with E-state index in [1.807, 2.05) is 18.3 Å². The number of hydrogen-bond donors (Lipinski definition) is 1. The lowest BCUT2D eigenvalue weighted by Crippen LogP contribution is -2.48. The van der Waals surface area contributed by atoms with Gasteiger partial charge in [-0.25, -0.2) is 13.1 Å².